The fourth-order valence-electron chi connectivity index (χ4n) is 1.70. The third kappa shape index (κ3) is 1.98. The van der Waals surface area contributed by atoms with Gasteiger partial charge in [0.05, 0.1) is 5.52 Å². The molecule has 2 heterocycles. The molecule has 0 atom stereocenters. The minimum Gasteiger partial charge on any atom is -0.264 e. The first kappa shape index (κ1) is 11.6. The van der Waals surface area contributed by atoms with Crippen molar-refractivity contribution < 1.29 is 0 Å². The fourth-order valence-corrected chi connectivity index (χ4v) is 2.39. The van der Waals surface area contributed by atoms with Crippen LogP contribution in [0.4, 0.5) is 0 Å². The Kier molecular flexibility index (Phi) is 2.97. The van der Waals surface area contributed by atoms with E-state index in [1.165, 1.54) is 0 Å². The minimum atomic E-state index is 0.445. The van der Waals surface area contributed by atoms with Gasteiger partial charge in [0, 0.05) is 27.8 Å². The molecular weight excluding hydrogens is 314 g/mol. The van der Waals surface area contributed by atoms with Gasteiger partial charge in [-0.3, -0.25) is 4.98 Å². The summed E-state index contributed by atoms with van der Waals surface area (Å²) >= 11 is 9.66. The number of pyridine rings is 1. The zero-order valence-corrected chi connectivity index (χ0v) is 11.5. The third-order valence-electron chi connectivity index (χ3n) is 2.55. The van der Waals surface area contributed by atoms with Gasteiger partial charge in [0.15, 0.2) is 5.82 Å². The molecule has 3 aromatic rings. The van der Waals surface area contributed by atoms with Gasteiger partial charge < -0.3 is 0 Å². The van der Waals surface area contributed by atoms with E-state index in [1.807, 2.05) is 30.3 Å². The van der Waals surface area contributed by atoms with Crippen molar-refractivity contribution in [3.05, 3.63) is 52.4 Å². The zero-order chi connectivity index (χ0) is 12.5. The minimum absolute atomic E-state index is 0.445. The lowest BCUT2D eigenvalue weighted by atomic mass is 10.2. The monoisotopic (exact) mass is 319 g/mol. The maximum Gasteiger partial charge on any atom is 0.163 e. The maximum atomic E-state index is 6.19. The van der Waals surface area contributed by atoms with Gasteiger partial charge in [0.25, 0.3) is 0 Å². The van der Waals surface area contributed by atoms with Crippen LogP contribution < -0.4 is 0 Å². The summed E-state index contributed by atoms with van der Waals surface area (Å²) in [4.78, 5) is 12.9. The Balaban J connectivity index is 2.31. The Bertz CT molecular complexity index is 716. The first-order chi connectivity index (χ1) is 8.75. The summed E-state index contributed by atoms with van der Waals surface area (Å²) in [6.07, 6.45) is 3.43. The lowest BCUT2D eigenvalue weighted by Gasteiger charge is -2.05. The van der Waals surface area contributed by atoms with E-state index in [0.29, 0.717) is 11.0 Å². The van der Waals surface area contributed by atoms with E-state index in [-0.39, 0.29) is 0 Å². The molecule has 2 aromatic heterocycles. The van der Waals surface area contributed by atoms with Crippen molar-refractivity contribution in [3.8, 4) is 11.4 Å². The Morgan fingerprint density at radius 1 is 1.06 bits per heavy atom. The number of hydrogen-bond donors (Lipinski definition) is 0. The van der Waals surface area contributed by atoms with E-state index in [9.17, 15) is 0 Å². The summed E-state index contributed by atoms with van der Waals surface area (Å²) in [5.74, 6) is 0.576. The number of fused-ring (bicyclic) bond motifs is 1. The number of benzene rings is 1. The van der Waals surface area contributed by atoms with Crippen molar-refractivity contribution >= 4 is 38.4 Å². The summed E-state index contributed by atoms with van der Waals surface area (Å²) in [5.41, 5.74) is 1.65. The highest BCUT2D eigenvalue weighted by molar-refractivity contribution is 9.10. The number of para-hydroxylation sites is 1. The van der Waals surface area contributed by atoms with E-state index < -0.39 is 0 Å². The summed E-state index contributed by atoms with van der Waals surface area (Å²) in [5, 5.41) is 1.28. The molecule has 0 fully saturated rings. The van der Waals surface area contributed by atoms with Gasteiger partial charge >= 0.3 is 0 Å². The smallest absolute Gasteiger partial charge is 0.163 e. The molecule has 0 unspecified atom stereocenters. The van der Waals surface area contributed by atoms with Crippen molar-refractivity contribution in [2.24, 2.45) is 0 Å². The van der Waals surface area contributed by atoms with E-state index in [1.54, 1.807) is 12.4 Å². The summed E-state index contributed by atoms with van der Waals surface area (Å²) in [6, 6.07) is 9.48. The molecule has 0 bridgehead atoms. The second-order valence-corrected chi connectivity index (χ2v) is 4.93. The number of rotatable bonds is 1. The molecule has 5 heteroatoms. The number of hydrogen-bond acceptors (Lipinski definition) is 3. The number of aromatic nitrogens is 3. The van der Waals surface area contributed by atoms with Crippen LogP contribution in [0.1, 0.15) is 0 Å². The molecule has 1 aromatic carbocycles. The molecule has 0 saturated heterocycles. The zero-order valence-electron chi connectivity index (χ0n) is 9.14. The Labute approximate surface area is 117 Å². The Hall–Kier alpha value is -1.52. The largest absolute Gasteiger partial charge is 0.264 e. The molecule has 88 valence electrons. The lowest BCUT2D eigenvalue weighted by Crippen LogP contribution is -1.92. The van der Waals surface area contributed by atoms with Crippen molar-refractivity contribution in [2.75, 3.05) is 0 Å². The van der Waals surface area contributed by atoms with Crippen LogP contribution in [0.3, 0.4) is 0 Å². The number of halogens is 2. The van der Waals surface area contributed by atoms with Crippen LogP contribution in [0.2, 0.25) is 5.15 Å². The van der Waals surface area contributed by atoms with Crippen LogP contribution >= 0.6 is 27.5 Å². The molecule has 0 amide bonds. The van der Waals surface area contributed by atoms with Crippen LogP contribution in [-0.4, -0.2) is 15.0 Å². The first-order valence-electron chi connectivity index (χ1n) is 5.28. The second kappa shape index (κ2) is 4.63. The van der Waals surface area contributed by atoms with Gasteiger partial charge in [-0.25, -0.2) is 9.97 Å². The van der Waals surface area contributed by atoms with Crippen molar-refractivity contribution in [1.82, 2.24) is 15.0 Å². The number of nitrogens with zero attached hydrogens (tertiary/aromatic N) is 3. The van der Waals surface area contributed by atoms with Gasteiger partial charge in [-0.2, -0.15) is 0 Å². The average molecular weight is 321 g/mol. The van der Waals surface area contributed by atoms with E-state index in [2.05, 4.69) is 30.9 Å². The lowest BCUT2D eigenvalue weighted by molar-refractivity contribution is 1.20. The van der Waals surface area contributed by atoms with Crippen molar-refractivity contribution in [3.63, 3.8) is 0 Å². The molecule has 0 radical (unpaired) electrons. The molecule has 3 rings (SSSR count). The third-order valence-corrected chi connectivity index (χ3v) is 3.48. The molecule has 0 saturated carbocycles. The van der Waals surface area contributed by atoms with Gasteiger partial charge in [-0.05, 0) is 40.2 Å². The quantitative estimate of drug-likeness (QED) is 0.633. The Morgan fingerprint density at radius 3 is 2.72 bits per heavy atom. The van der Waals surface area contributed by atoms with Crippen LogP contribution in [0.25, 0.3) is 22.3 Å². The predicted octanol–water partition coefficient (Wildman–Crippen LogP) is 4.11. The molecule has 0 aliphatic heterocycles. The standard InChI is InChI=1S/C13H7BrClN3/c14-10-5-1-4-9-11(10)17-13(18-12(9)15)8-3-2-6-16-7-8/h1-7H. The Morgan fingerprint density at radius 2 is 1.94 bits per heavy atom. The highest BCUT2D eigenvalue weighted by atomic mass is 79.9. The van der Waals surface area contributed by atoms with Crippen LogP contribution in [0.15, 0.2) is 47.2 Å². The summed E-state index contributed by atoms with van der Waals surface area (Å²) in [6.45, 7) is 0. The summed E-state index contributed by atoms with van der Waals surface area (Å²) < 4.78 is 0.898. The van der Waals surface area contributed by atoms with Crippen molar-refractivity contribution in [1.29, 1.82) is 0 Å². The van der Waals surface area contributed by atoms with Gasteiger partial charge in [-0.1, -0.05) is 17.7 Å². The topological polar surface area (TPSA) is 38.7 Å². The fraction of sp³-hybridized carbons (Fsp3) is 0. The SMILES string of the molecule is Clc1nc(-c2cccnc2)nc2c(Br)cccc12. The molecule has 0 spiro atoms. The van der Waals surface area contributed by atoms with E-state index in [4.69, 9.17) is 11.6 Å². The van der Waals surface area contributed by atoms with E-state index in [0.717, 1.165) is 20.9 Å². The van der Waals surface area contributed by atoms with Crippen molar-refractivity contribution in [2.45, 2.75) is 0 Å². The average Bonchev–Trinajstić information content (AvgIpc) is 2.41. The molecular formula is C13H7BrClN3. The molecule has 3 nitrogen and oxygen atoms in total. The van der Waals surface area contributed by atoms with Gasteiger partial charge in [-0.15, -0.1) is 0 Å². The van der Waals surface area contributed by atoms with E-state index >= 15 is 0 Å². The molecule has 18 heavy (non-hydrogen) atoms. The highest BCUT2D eigenvalue weighted by Gasteiger charge is 2.09. The van der Waals surface area contributed by atoms with Crippen LogP contribution in [-0.2, 0) is 0 Å². The molecule has 0 N–H and O–H groups in total. The van der Waals surface area contributed by atoms with Gasteiger partial charge in [0.2, 0.25) is 0 Å². The first-order valence-corrected chi connectivity index (χ1v) is 6.45. The second-order valence-electron chi connectivity index (χ2n) is 3.72. The van der Waals surface area contributed by atoms with Crippen LogP contribution in [0.5, 0.6) is 0 Å². The van der Waals surface area contributed by atoms with Gasteiger partial charge in [0.1, 0.15) is 5.15 Å². The highest BCUT2D eigenvalue weighted by Crippen LogP contribution is 2.28. The normalized spacial score (nSPS) is 10.8. The maximum absolute atomic E-state index is 6.19. The van der Waals surface area contributed by atoms with Crippen LogP contribution in [0, 0.1) is 0 Å². The summed E-state index contributed by atoms with van der Waals surface area (Å²) in [7, 11) is 0. The molecule has 0 aliphatic rings. The predicted molar refractivity (Wildman–Crippen MR) is 75.5 cm³/mol. The molecule has 0 aliphatic carbocycles.